The van der Waals surface area contributed by atoms with Gasteiger partial charge in [0.1, 0.15) is 0 Å². The Balaban J connectivity index is 1.83. The van der Waals surface area contributed by atoms with E-state index in [0.717, 1.165) is 22.2 Å². The minimum Gasteiger partial charge on any atom is -0.401 e. The summed E-state index contributed by atoms with van der Waals surface area (Å²) >= 11 is 0. The van der Waals surface area contributed by atoms with Gasteiger partial charge >= 0.3 is 0 Å². The van der Waals surface area contributed by atoms with Gasteiger partial charge in [-0.1, -0.05) is 31.4 Å². The second-order valence-electron chi connectivity index (χ2n) is 6.06. The summed E-state index contributed by atoms with van der Waals surface area (Å²) in [5.41, 5.74) is 14.9. The number of nitrogens with zero attached hydrogens (tertiary/aromatic N) is 1. The van der Waals surface area contributed by atoms with Gasteiger partial charge in [-0.15, -0.1) is 0 Å². The van der Waals surface area contributed by atoms with Crippen molar-refractivity contribution in [3.63, 3.8) is 0 Å². The number of para-hydroxylation sites is 1. The lowest BCUT2D eigenvalue weighted by Crippen LogP contribution is -2.37. The van der Waals surface area contributed by atoms with E-state index in [0.29, 0.717) is 12.1 Å². The summed E-state index contributed by atoms with van der Waals surface area (Å²) in [5, 5.41) is 1.14. The molecule has 5 heteroatoms. The average Bonchev–Trinajstić information content (AvgIpc) is 3.00. The van der Waals surface area contributed by atoms with Crippen LogP contribution in [-0.4, -0.2) is 28.3 Å². The Morgan fingerprint density at radius 1 is 1.41 bits per heavy atom. The Labute approximate surface area is 129 Å². The number of hydrogen-bond donors (Lipinski definition) is 3. The molecule has 0 radical (unpaired) electrons. The van der Waals surface area contributed by atoms with E-state index >= 15 is 0 Å². The van der Waals surface area contributed by atoms with Gasteiger partial charge in [-0.3, -0.25) is 5.73 Å². The first kappa shape index (κ1) is 14.7. The average molecular weight is 300 g/mol. The van der Waals surface area contributed by atoms with Crippen LogP contribution in [0.1, 0.15) is 12.0 Å². The number of rotatable bonds is 4. The molecule has 2 heterocycles. The fraction of sp³-hybridized carbons (Fsp3) is 0.294. The predicted octanol–water partition coefficient (Wildman–Crippen LogP) is 2.40. The Bertz CT molecular complexity index is 731. The van der Waals surface area contributed by atoms with Crippen LogP contribution in [0, 0.1) is 0 Å². The summed E-state index contributed by atoms with van der Waals surface area (Å²) < 4.78 is 14.2. The number of nitrogens with two attached hydrogens (primary N) is 2. The normalized spacial score (nSPS) is 24.8. The van der Waals surface area contributed by atoms with Crippen LogP contribution in [0.25, 0.3) is 10.9 Å². The SMILES string of the molecule is C=C(N)C1CC(N)(F)CN1C(=C)Cc1c[nH]c2ccccc12. The van der Waals surface area contributed by atoms with Crippen LogP contribution < -0.4 is 11.5 Å². The molecule has 1 aliphatic heterocycles. The fourth-order valence-corrected chi connectivity index (χ4v) is 3.15. The number of H-pyrrole nitrogens is 1. The first-order valence-corrected chi connectivity index (χ1v) is 7.29. The molecule has 2 unspecified atom stereocenters. The number of fused-ring (bicyclic) bond motifs is 1. The number of nitrogens with one attached hydrogen (secondary N) is 1. The lowest BCUT2D eigenvalue weighted by atomic mass is 10.1. The second kappa shape index (κ2) is 5.18. The van der Waals surface area contributed by atoms with E-state index < -0.39 is 5.79 Å². The highest BCUT2D eigenvalue weighted by Gasteiger charge is 2.42. The standard InChI is InChI=1S/C17H21FN4/c1-11(22-10-17(18,20)8-16(22)12(2)19)7-13-9-21-15-6-4-3-5-14(13)15/h3-6,9,16,21H,1-2,7-8,10,19-20H2. The van der Waals surface area contributed by atoms with Gasteiger partial charge in [0.15, 0.2) is 5.79 Å². The number of alkyl halides is 1. The zero-order chi connectivity index (χ0) is 15.9. The van der Waals surface area contributed by atoms with Gasteiger partial charge in [0.2, 0.25) is 0 Å². The maximum Gasteiger partial charge on any atom is 0.179 e. The van der Waals surface area contributed by atoms with E-state index in [2.05, 4.69) is 24.2 Å². The topological polar surface area (TPSA) is 71.1 Å². The second-order valence-corrected chi connectivity index (χ2v) is 6.06. The molecule has 2 atom stereocenters. The van der Waals surface area contributed by atoms with Crippen molar-refractivity contribution < 1.29 is 4.39 Å². The van der Waals surface area contributed by atoms with E-state index in [4.69, 9.17) is 11.5 Å². The van der Waals surface area contributed by atoms with Gasteiger partial charge in [-0.05, 0) is 11.6 Å². The lowest BCUT2D eigenvalue weighted by molar-refractivity contribution is 0.183. The van der Waals surface area contributed by atoms with Crippen molar-refractivity contribution in [1.29, 1.82) is 0 Å². The van der Waals surface area contributed by atoms with Crippen molar-refractivity contribution in [2.75, 3.05) is 6.54 Å². The molecule has 116 valence electrons. The molecule has 0 aliphatic carbocycles. The molecule has 1 aromatic heterocycles. The number of likely N-dealkylation sites (tertiary alicyclic amines) is 1. The molecule has 0 amide bonds. The zero-order valence-corrected chi connectivity index (χ0v) is 12.5. The van der Waals surface area contributed by atoms with Gasteiger partial charge in [0.25, 0.3) is 0 Å². The van der Waals surface area contributed by atoms with E-state index in [-0.39, 0.29) is 19.0 Å². The number of hydrogen-bond acceptors (Lipinski definition) is 3. The first-order chi connectivity index (χ1) is 10.4. The number of allylic oxidation sites excluding steroid dienone is 1. The number of benzene rings is 1. The summed E-state index contributed by atoms with van der Waals surface area (Å²) in [6.07, 6.45) is 2.72. The minimum atomic E-state index is -1.75. The van der Waals surface area contributed by atoms with Crippen LogP contribution in [0.5, 0.6) is 0 Å². The monoisotopic (exact) mass is 300 g/mol. The highest BCUT2D eigenvalue weighted by atomic mass is 19.1. The largest absolute Gasteiger partial charge is 0.401 e. The van der Waals surface area contributed by atoms with Gasteiger partial charge in [0.05, 0.1) is 12.6 Å². The van der Waals surface area contributed by atoms with Crippen LogP contribution >= 0.6 is 0 Å². The van der Waals surface area contributed by atoms with E-state index in [1.165, 1.54) is 0 Å². The molecule has 22 heavy (non-hydrogen) atoms. The van der Waals surface area contributed by atoms with E-state index in [9.17, 15) is 4.39 Å². The van der Waals surface area contributed by atoms with E-state index in [1.54, 1.807) is 0 Å². The third kappa shape index (κ3) is 2.60. The van der Waals surface area contributed by atoms with Gasteiger partial charge in [-0.25, -0.2) is 4.39 Å². The molecule has 5 N–H and O–H groups in total. The van der Waals surface area contributed by atoms with Crippen molar-refractivity contribution in [3.05, 3.63) is 60.6 Å². The molecule has 2 aromatic rings. The molecular formula is C17H21FN4. The molecule has 0 bridgehead atoms. The quantitative estimate of drug-likeness (QED) is 0.759. The predicted molar refractivity (Wildman–Crippen MR) is 87.6 cm³/mol. The Hall–Kier alpha value is -2.27. The Morgan fingerprint density at radius 2 is 2.14 bits per heavy atom. The van der Waals surface area contributed by atoms with Crippen LogP contribution in [0.4, 0.5) is 4.39 Å². The van der Waals surface area contributed by atoms with Crippen molar-refractivity contribution in [3.8, 4) is 0 Å². The van der Waals surface area contributed by atoms with Gasteiger partial charge in [0, 0.05) is 41.3 Å². The molecule has 1 fully saturated rings. The number of halogens is 1. The van der Waals surface area contributed by atoms with E-state index in [1.807, 2.05) is 29.3 Å². The van der Waals surface area contributed by atoms with Crippen LogP contribution in [0.3, 0.4) is 0 Å². The number of aromatic amines is 1. The molecular weight excluding hydrogens is 279 g/mol. The summed E-state index contributed by atoms with van der Waals surface area (Å²) in [4.78, 5) is 5.07. The molecule has 0 saturated carbocycles. The third-order valence-corrected chi connectivity index (χ3v) is 4.25. The fourth-order valence-electron chi connectivity index (χ4n) is 3.15. The van der Waals surface area contributed by atoms with Crippen molar-refractivity contribution in [1.82, 2.24) is 9.88 Å². The zero-order valence-electron chi connectivity index (χ0n) is 12.5. The van der Waals surface area contributed by atoms with Crippen LogP contribution in [-0.2, 0) is 6.42 Å². The molecule has 1 aromatic carbocycles. The smallest absolute Gasteiger partial charge is 0.179 e. The molecule has 1 aliphatic rings. The summed E-state index contributed by atoms with van der Waals surface area (Å²) in [7, 11) is 0. The summed E-state index contributed by atoms with van der Waals surface area (Å²) in [6.45, 7) is 7.95. The minimum absolute atomic E-state index is 0.0923. The van der Waals surface area contributed by atoms with Crippen LogP contribution in [0.15, 0.2) is 55.0 Å². The molecule has 1 saturated heterocycles. The molecule has 4 nitrogen and oxygen atoms in total. The number of aromatic nitrogens is 1. The van der Waals surface area contributed by atoms with Crippen molar-refractivity contribution in [2.24, 2.45) is 11.5 Å². The van der Waals surface area contributed by atoms with Crippen molar-refractivity contribution in [2.45, 2.75) is 24.7 Å². The molecule has 3 rings (SSSR count). The molecule has 0 spiro atoms. The summed E-state index contributed by atoms with van der Waals surface area (Å²) in [5.74, 6) is -1.75. The summed E-state index contributed by atoms with van der Waals surface area (Å²) in [6, 6.07) is 7.76. The highest BCUT2D eigenvalue weighted by molar-refractivity contribution is 5.83. The highest BCUT2D eigenvalue weighted by Crippen LogP contribution is 2.33. The maximum atomic E-state index is 14.2. The first-order valence-electron chi connectivity index (χ1n) is 7.29. The van der Waals surface area contributed by atoms with Gasteiger partial charge < -0.3 is 15.6 Å². The van der Waals surface area contributed by atoms with Crippen LogP contribution in [0.2, 0.25) is 0 Å². The third-order valence-electron chi connectivity index (χ3n) is 4.25. The van der Waals surface area contributed by atoms with Crippen molar-refractivity contribution >= 4 is 10.9 Å². The lowest BCUT2D eigenvalue weighted by Gasteiger charge is -2.28. The Kier molecular flexibility index (Phi) is 3.45. The maximum absolute atomic E-state index is 14.2. The van der Waals surface area contributed by atoms with Gasteiger partial charge in [-0.2, -0.15) is 0 Å². The Morgan fingerprint density at radius 3 is 2.86 bits per heavy atom.